The molecule has 8 heteroatoms. The molecule has 0 bridgehead atoms. The molecule has 108 valence electrons. The first-order valence-corrected chi connectivity index (χ1v) is 6.47. The van der Waals surface area contributed by atoms with Gasteiger partial charge in [-0.2, -0.15) is 0 Å². The van der Waals surface area contributed by atoms with Crippen molar-refractivity contribution < 1.29 is 9.85 Å². The Hall–Kier alpha value is -2.22. The molecule has 1 heterocycles. The quantitative estimate of drug-likeness (QED) is 0.631. The second-order valence-electron chi connectivity index (χ2n) is 4.69. The first-order valence-electron chi connectivity index (χ1n) is 6.47. The molecule has 1 aromatic carbocycles. The molecule has 20 heavy (non-hydrogen) atoms. The number of nitro benzene ring substituents is 2. The highest BCUT2D eigenvalue weighted by atomic mass is 16.6. The van der Waals surface area contributed by atoms with Gasteiger partial charge in [0.15, 0.2) is 0 Å². The van der Waals surface area contributed by atoms with E-state index in [1.54, 1.807) is 0 Å². The van der Waals surface area contributed by atoms with Crippen LogP contribution in [-0.2, 0) is 0 Å². The molecule has 0 unspecified atom stereocenters. The maximum absolute atomic E-state index is 10.9. The maximum atomic E-state index is 10.9. The second-order valence-corrected chi connectivity index (χ2v) is 4.69. The van der Waals surface area contributed by atoms with Crippen molar-refractivity contribution in [2.45, 2.75) is 12.8 Å². The summed E-state index contributed by atoms with van der Waals surface area (Å²) in [4.78, 5) is 22.6. The molecule has 1 aromatic rings. The lowest BCUT2D eigenvalue weighted by molar-refractivity contribution is -0.393. The first kappa shape index (κ1) is 14.2. The number of nitrogens with one attached hydrogen (secondary N) is 1. The molecule has 0 aromatic heterocycles. The van der Waals surface area contributed by atoms with Crippen LogP contribution in [0, 0.1) is 20.2 Å². The fraction of sp³-hybridized carbons (Fsp3) is 0.500. The number of anilines is 1. The molecule has 0 amide bonds. The van der Waals surface area contributed by atoms with Crippen LogP contribution in [0.5, 0.6) is 0 Å². The van der Waals surface area contributed by atoms with Crippen molar-refractivity contribution in [2.24, 2.45) is 0 Å². The summed E-state index contributed by atoms with van der Waals surface area (Å²) in [5, 5.41) is 24.6. The van der Waals surface area contributed by atoms with Gasteiger partial charge in [-0.3, -0.25) is 20.2 Å². The lowest BCUT2D eigenvalue weighted by Crippen LogP contribution is -2.26. The van der Waals surface area contributed by atoms with Crippen LogP contribution in [0.3, 0.4) is 0 Å². The molecule has 0 radical (unpaired) electrons. The number of hydrogen-bond donors (Lipinski definition) is 1. The summed E-state index contributed by atoms with van der Waals surface area (Å²) in [5.74, 6) is 0. The number of nitro groups is 2. The van der Waals surface area contributed by atoms with E-state index in [-0.39, 0.29) is 11.4 Å². The standard InChI is InChI=1S/C12H16N4O4/c17-15(18)10-3-4-11(12(9-10)16(19)20)13-5-8-14-6-1-2-7-14/h3-4,9,13H,1-2,5-8H2. The number of likely N-dealkylation sites (tertiary alicyclic amines) is 1. The van der Waals surface area contributed by atoms with Gasteiger partial charge in [-0.25, -0.2) is 0 Å². The van der Waals surface area contributed by atoms with E-state index >= 15 is 0 Å². The van der Waals surface area contributed by atoms with Crippen LogP contribution in [0.4, 0.5) is 17.1 Å². The van der Waals surface area contributed by atoms with Gasteiger partial charge < -0.3 is 10.2 Å². The summed E-state index contributed by atoms with van der Waals surface area (Å²) < 4.78 is 0. The summed E-state index contributed by atoms with van der Waals surface area (Å²) in [6.45, 7) is 3.51. The minimum Gasteiger partial charge on any atom is -0.378 e. The largest absolute Gasteiger partial charge is 0.378 e. The van der Waals surface area contributed by atoms with Crippen molar-refractivity contribution in [2.75, 3.05) is 31.5 Å². The Morgan fingerprint density at radius 1 is 1.15 bits per heavy atom. The van der Waals surface area contributed by atoms with E-state index in [1.807, 2.05) is 0 Å². The van der Waals surface area contributed by atoms with Gasteiger partial charge in [-0.15, -0.1) is 0 Å². The zero-order valence-electron chi connectivity index (χ0n) is 10.9. The lowest BCUT2D eigenvalue weighted by atomic mass is 10.2. The molecule has 1 aliphatic heterocycles. The van der Waals surface area contributed by atoms with E-state index in [1.165, 1.54) is 25.0 Å². The fourth-order valence-corrected chi connectivity index (χ4v) is 2.29. The van der Waals surface area contributed by atoms with Gasteiger partial charge in [0.05, 0.1) is 15.9 Å². The minimum atomic E-state index is -0.638. The van der Waals surface area contributed by atoms with Gasteiger partial charge in [0, 0.05) is 19.2 Å². The van der Waals surface area contributed by atoms with E-state index in [9.17, 15) is 20.2 Å². The number of rotatable bonds is 6. The molecule has 1 N–H and O–H groups in total. The second kappa shape index (κ2) is 6.29. The Bertz CT molecular complexity index is 514. The molecule has 1 aliphatic rings. The molecule has 0 atom stereocenters. The number of benzene rings is 1. The highest BCUT2D eigenvalue weighted by molar-refractivity contribution is 5.65. The number of hydrogen-bond acceptors (Lipinski definition) is 6. The third kappa shape index (κ3) is 3.41. The summed E-state index contributed by atoms with van der Waals surface area (Å²) in [5.41, 5.74) is -0.220. The Morgan fingerprint density at radius 2 is 1.85 bits per heavy atom. The molecule has 0 spiro atoms. The predicted octanol–water partition coefficient (Wildman–Crippen LogP) is 2.01. The van der Waals surface area contributed by atoms with Crippen LogP contribution >= 0.6 is 0 Å². The van der Waals surface area contributed by atoms with Crippen LogP contribution in [-0.4, -0.2) is 40.9 Å². The summed E-state index contributed by atoms with van der Waals surface area (Å²) >= 11 is 0. The average Bonchev–Trinajstić information content (AvgIpc) is 2.91. The van der Waals surface area contributed by atoms with Gasteiger partial charge in [-0.1, -0.05) is 0 Å². The zero-order chi connectivity index (χ0) is 14.5. The number of nitrogens with zero attached hydrogens (tertiary/aromatic N) is 3. The van der Waals surface area contributed by atoms with Crippen LogP contribution in [0.1, 0.15) is 12.8 Å². The smallest absolute Gasteiger partial charge is 0.299 e. The van der Waals surface area contributed by atoms with Gasteiger partial charge in [0.25, 0.3) is 11.4 Å². The Kier molecular flexibility index (Phi) is 4.46. The van der Waals surface area contributed by atoms with Crippen molar-refractivity contribution in [1.29, 1.82) is 0 Å². The van der Waals surface area contributed by atoms with Crippen LogP contribution in [0.2, 0.25) is 0 Å². The zero-order valence-corrected chi connectivity index (χ0v) is 10.9. The van der Waals surface area contributed by atoms with Crippen LogP contribution < -0.4 is 5.32 Å². The topological polar surface area (TPSA) is 102 Å². The number of non-ortho nitro benzene ring substituents is 1. The van der Waals surface area contributed by atoms with Crippen molar-refractivity contribution in [3.05, 3.63) is 38.4 Å². The summed E-state index contributed by atoms with van der Waals surface area (Å²) in [7, 11) is 0. The van der Waals surface area contributed by atoms with Crippen LogP contribution in [0.15, 0.2) is 18.2 Å². The van der Waals surface area contributed by atoms with E-state index in [4.69, 9.17) is 0 Å². The molecule has 2 rings (SSSR count). The van der Waals surface area contributed by atoms with E-state index in [0.717, 1.165) is 25.7 Å². The van der Waals surface area contributed by atoms with Gasteiger partial charge in [0.2, 0.25) is 0 Å². The molecule has 1 saturated heterocycles. The minimum absolute atomic E-state index is 0.263. The lowest BCUT2D eigenvalue weighted by Gasteiger charge is -2.15. The van der Waals surface area contributed by atoms with Crippen molar-refractivity contribution in [1.82, 2.24) is 4.90 Å². The Morgan fingerprint density at radius 3 is 2.45 bits per heavy atom. The Balaban J connectivity index is 2.02. The Labute approximate surface area is 115 Å². The normalized spacial score (nSPS) is 15.2. The monoisotopic (exact) mass is 280 g/mol. The molecule has 1 fully saturated rings. The summed E-state index contributed by atoms with van der Waals surface area (Å²) in [6.07, 6.45) is 2.38. The highest BCUT2D eigenvalue weighted by Crippen LogP contribution is 2.28. The molecular weight excluding hydrogens is 264 g/mol. The summed E-state index contributed by atoms with van der Waals surface area (Å²) in [6, 6.07) is 3.64. The van der Waals surface area contributed by atoms with Crippen molar-refractivity contribution in [3.63, 3.8) is 0 Å². The molecule has 8 nitrogen and oxygen atoms in total. The third-order valence-corrected chi connectivity index (χ3v) is 3.33. The fourth-order valence-electron chi connectivity index (χ4n) is 2.29. The molecule has 0 aliphatic carbocycles. The van der Waals surface area contributed by atoms with Crippen LogP contribution in [0.25, 0.3) is 0 Å². The third-order valence-electron chi connectivity index (χ3n) is 3.33. The SMILES string of the molecule is O=[N+]([O-])c1ccc(NCCN2CCCC2)c([N+](=O)[O-])c1. The molecule has 0 saturated carbocycles. The highest BCUT2D eigenvalue weighted by Gasteiger charge is 2.19. The van der Waals surface area contributed by atoms with E-state index in [2.05, 4.69) is 10.2 Å². The van der Waals surface area contributed by atoms with Gasteiger partial charge in [0.1, 0.15) is 5.69 Å². The van der Waals surface area contributed by atoms with E-state index in [0.29, 0.717) is 12.2 Å². The predicted molar refractivity (Wildman–Crippen MR) is 73.9 cm³/mol. The maximum Gasteiger partial charge on any atom is 0.299 e. The van der Waals surface area contributed by atoms with Gasteiger partial charge in [-0.05, 0) is 32.0 Å². The molecular formula is C12H16N4O4. The van der Waals surface area contributed by atoms with Crippen molar-refractivity contribution in [3.8, 4) is 0 Å². The van der Waals surface area contributed by atoms with E-state index < -0.39 is 9.85 Å². The van der Waals surface area contributed by atoms with Crippen molar-refractivity contribution >= 4 is 17.1 Å². The first-order chi connectivity index (χ1) is 9.58. The van der Waals surface area contributed by atoms with Gasteiger partial charge >= 0.3 is 0 Å². The average molecular weight is 280 g/mol.